The van der Waals surface area contributed by atoms with Gasteiger partial charge in [0.05, 0.1) is 0 Å². The number of hydrogen-bond donors (Lipinski definition) is 2. The van der Waals surface area contributed by atoms with E-state index in [9.17, 15) is 9.90 Å². The summed E-state index contributed by atoms with van der Waals surface area (Å²) in [6, 6.07) is 12.6. The third-order valence-electron chi connectivity index (χ3n) is 3.80. The standard InChI is InChI=1S/C18H18N4O3/c23-11-13(9-16-3-1-2-8-19-16)10-20-18(24)15-6-4-14(5-7-15)17-21-12-25-22-17/h1-8,12-13,23H,9-11H2,(H,20,24). The van der Waals surface area contributed by atoms with Gasteiger partial charge in [0, 0.05) is 42.1 Å². The second-order valence-corrected chi connectivity index (χ2v) is 5.62. The van der Waals surface area contributed by atoms with Gasteiger partial charge in [-0.2, -0.15) is 4.98 Å². The van der Waals surface area contributed by atoms with E-state index >= 15 is 0 Å². The van der Waals surface area contributed by atoms with E-state index in [4.69, 9.17) is 4.52 Å². The number of rotatable bonds is 7. The summed E-state index contributed by atoms with van der Waals surface area (Å²) < 4.78 is 4.70. The van der Waals surface area contributed by atoms with E-state index in [1.165, 1.54) is 6.39 Å². The zero-order valence-corrected chi connectivity index (χ0v) is 13.5. The molecule has 128 valence electrons. The van der Waals surface area contributed by atoms with E-state index in [1.807, 2.05) is 18.2 Å². The first-order chi connectivity index (χ1) is 12.3. The molecule has 0 aliphatic carbocycles. The highest BCUT2D eigenvalue weighted by molar-refractivity contribution is 5.94. The Hall–Kier alpha value is -3.06. The lowest BCUT2D eigenvalue weighted by Crippen LogP contribution is -2.32. The molecular formula is C18H18N4O3. The van der Waals surface area contributed by atoms with Gasteiger partial charge >= 0.3 is 0 Å². The number of pyridine rings is 1. The van der Waals surface area contributed by atoms with Crippen LogP contribution >= 0.6 is 0 Å². The van der Waals surface area contributed by atoms with Crippen molar-refractivity contribution in [3.63, 3.8) is 0 Å². The molecule has 1 aromatic carbocycles. The van der Waals surface area contributed by atoms with Crippen molar-refractivity contribution >= 4 is 5.91 Å². The molecule has 2 aromatic heterocycles. The first-order valence-corrected chi connectivity index (χ1v) is 7.92. The van der Waals surface area contributed by atoms with Crippen LogP contribution in [-0.2, 0) is 6.42 Å². The normalized spacial score (nSPS) is 11.9. The fourth-order valence-corrected chi connectivity index (χ4v) is 2.42. The van der Waals surface area contributed by atoms with Crippen LogP contribution in [0.5, 0.6) is 0 Å². The summed E-state index contributed by atoms with van der Waals surface area (Å²) in [6.45, 7) is 0.353. The fourth-order valence-electron chi connectivity index (χ4n) is 2.42. The summed E-state index contributed by atoms with van der Waals surface area (Å²) in [5.74, 6) is 0.194. The Morgan fingerprint density at radius 3 is 2.64 bits per heavy atom. The molecule has 2 heterocycles. The smallest absolute Gasteiger partial charge is 0.251 e. The van der Waals surface area contributed by atoms with Crippen LogP contribution < -0.4 is 5.32 Å². The number of amides is 1. The second-order valence-electron chi connectivity index (χ2n) is 5.62. The third-order valence-corrected chi connectivity index (χ3v) is 3.80. The average molecular weight is 338 g/mol. The van der Waals surface area contributed by atoms with E-state index in [-0.39, 0.29) is 18.4 Å². The Bertz CT molecular complexity index is 789. The Labute approximate surface area is 144 Å². The van der Waals surface area contributed by atoms with E-state index < -0.39 is 0 Å². The topological polar surface area (TPSA) is 101 Å². The third kappa shape index (κ3) is 4.48. The highest BCUT2D eigenvalue weighted by Crippen LogP contribution is 2.15. The summed E-state index contributed by atoms with van der Waals surface area (Å²) in [5.41, 5.74) is 2.19. The highest BCUT2D eigenvalue weighted by atomic mass is 16.5. The summed E-state index contributed by atoms with van der Waals surface area (Å²) in [5, 5.41) is 16.1. The molecule has 3 aromatic rings. The van der Waals surface area contributed by atoms with Gasteiger partial charge in [0.25, 0.3) is 5.91 Å². The van der Waals surface area contributed by atoms with Gasteiger partial charge < -0.3 is 14.9 Å². The van der Waals surface area contributed by atoms with Gasteiger partial charge in [-0.05, 0) is 30.7 Å². The fraction of sp³-hybridized carbons (Fsp3) is 0.222. The van der Waals surface area contributed by atoms with Gasteiger partial charge in [-0.1, -0.05) is 23.4 Å². The monoisotopic (exact) mass is 338 g/mol. The van der Waals surface area contributed by atoms with E-state index in [0.29, 0.717) is 24.4 Å². The van der Waals surface area contributed by atoms with Gasteiger partial charge in [-0.3, -0.25) is 9.78 Å². The van der Waals surface area contributed by atoms with Gasteiger partial charge in [-0.25, -0.2) is 0 Å². The number of hydrogen-bond acceptors (Lipinski definition) is 6. The predicted octanol–water partition coefficient (Wildman–Crippen LogP) is 1.71. The molecule has 1 atom stereocenters. The number of aliphatic hydroxyl groups excluding tert-OH is 1. The molecule has 1 unspecified atom stereocenters. The molecular weight excluding hydrogens is 320 g/mol. The number of carbonyl (C=O) groups is 1. The second kappa shape index (κ2) is 8.16. The lowest BCUT2D eigenvalue weighted by molar-refractivity contribution is 0.0940. The molecule has 0 aliphatic heterocycles. The molecule has 3 rings (SSSR count). The van der Waals surface area contributed by atoms with Crippen molar-refractivity contribution in [1.29, 1.82) is 0 Å². The lowest BCUT2D eigenvalue weighted by atomic mass is 10.0. The zero-order chi connectivity index (χ0) is 17.5. The quantitative estimate of drug-likeness (QED) is 0.680. The predicted molar refractivity (Wildman–Crippen MR) is 90.6 cm³/mol. The number of aliphatic hydroxyl groups is 1. The lowest BCUT2D eigenvalue weighted by Gasteiger charge is -2.14. The Morgan fingerprint density at radius 1 is 1.16 bits per heavy atom. The average Bonchev–Trinajstić information content (AvgIpc) is 3.20. The molecule has 7 nitrogen and oxygen atoms in total. The zero-order valence-electron chi connectivity index (χ0n) is 13.5. The van der Waals surface area contributed by atoms with Crippen LogP contribution in [0.3, 0.4) is 0 Å². The van der Waals surface area contributed by atoms with E-state index in [2.05, 4.69) is 20.4 Å². The Kier molecular flexibility index (Phi) is 5.48. The van der Waals surface area contributed by atoms with Crippen molar-refractivity contribution in [2.24, 2.45) is 5.92 Å². The molecule has 0 saturated heterocycles. The number of aromatic nitrogens is 3. The van der Waals surface area contributed by atoms with Crippen molar-refractivity contribution in [3.8, 4) is 11.4 Å². The van der Waals surface area contributed by atoms with Crippen LogP contribution in [0, 0.1) is 5.92 Å². The largest absolute Gasteiger partial charge is 0.396 e. The van der Waals surface area contributed by atoms with Gasteiger partial charge in [0.1, 0.15) is 0 Å². The number of benzene rings is 1. The van der Waals surface area contributed by atoms with Crippen LogP contribution in [0.4, 0.5) is 0 Å². The van der Waals surface area contributed by atoms with E-state index in [0.717, 1.165) is 11.3 Å². The molecule has 0 aliphatic rings. The number of carbonyl (C=O) groups excluding carboxylic acids is 1. The van der Waals surface area contributed by atoms with Crippen molar-refractivity contribution in [2.75, 3.05) is 13.2 Å². The van der Waals surface area contributed by atoms with Crippen LogP contribution in [0.25, 0.3) is 11.4 Å². The molecule has 2 N–H and O–H groups in total. The molecule has 0 saturated carbocycles. The molecule has 0 bridgehead atoms. The van der Waals surface area contributed by atoms with Crippen LogP contribution in [0.2, 0.25) is 0 Å². The maximum atomic E-state index is 12.3. The van der Waals surface area contributed by atoms with Gasteiger partial charge in [0.15, 0.2) is 0 Å². The Balaban J connectivity index is 1.56. The maximum absolute atomic E-state index is 12.3. The van der Waals surface area contributed by atoms with Crippen molar-refractivity contribution in [1.82, 2.24) is 20.4 Å². The maximum Gasteiger partial charge on any atom is 0.251 e. The Morgan fingerprint density at radius 2 is 2.00 bits per heavy atom. The molecule has 25 heavy (non-hydrogen) atoms. The number of nitrogens with one attached hydrogen (secondary N) is 1. The van der Waals surface area contributed by atoms with Gasteiger partial charge in [-0.15, -0.1) is 0 Å². The van der Waals surface area contributed by atoms with Crippen LogP contribution in [-0.4, -0.2) is 39.3 Å². The summed E-state index contributed by atoms with van der Waals surface area (Å²) >= 11 is 0. The van der Waals surface area contributed by atoms with Crippen molar-refractivity contribution in [2.45, 2.75) is 6.42 Å². The molecule has 0 fully saturated rings. The first-order valence-electron chi connectivity index (χ1n) is 7.92. The number of nitrogens with zero attached hydrogens (tertiary/aromatic N) is 3. The first kappa shape index (κ1) is 16.8. The SMILES string of the molecule is O=C(NCC(CO)Cc1ccccn1)c1ccc(-c2ncon2)cc1. The summed E-state index contributed by atoms with van der Waals surface area (Å²) in [4.78, 5) is 20.5. The van der Waals surface area contributed by atoms with Crippen molar-refractivity contribution < 1.29 is 14.4 Å². The molecule has 0 radical (unpaired) electrons. The molecule has 7 heteroatoms. The minimum absolute atomic E-state index is 0.0202. The molecule has 0 spiro atoms. The summed E-state index contributed by atoms with van der Waals surface area (Å²) in [7, 11) is 0. The summed E-state index contributed by atoms with van der Waals surface area (Å²) in [6.07, 6.45) is 3.58. The van der Waals surface area contributed by atoms with Crippen molar-refractivity contribution in [3.05, 3.63) is 66.3 Å². The molecule has 1 amide bonds. The highest BCUT2D eigenvalue weighted by Gasteiger charge is 2.13. The minimum atomic E-state index is -0.195. The van der Waals surface area contributed by atoms with Crippen LogP contribution in [0.1, 0.15) is 16.1 Å². The minimum Gasteiger partial charge on any atom is -0.396 e. The van der Waals surface area contributed by atoms with E-state index in [1.54, 1.807) is 30.5 Å². The van der Waals surface area contributed by atoms with Crippen LogP contribution in [0.15, 0.2) is 59.6 Å². The van der Waals surface area contributed by atoms with Gasteiger partial charge in [0.2, 0.25) is 12.2 Å².